The smallest absolute Gasteiger partial charge is 0.224 e. The molecule has 7 heteroatoms. The monoisotopic (exact) mass is 365 g/mol. The second kappa shape index (κ2) is 10.7. The van der Waals surface area contributed by atoms with Gasteiger partial charge < -0.3 is 16.0 Å². The zero-order valence-electron chi connectivity index (χ0n) is 13.5. The fourth-order valence-corrected chi connectivity index (χ4v) is 2.56. The summed E-state index contributed by atoms with van der Waals surface area (Å²) in [5.74, 6) is 0.269. The van der Waals surface area contributed by atoms with Crippen LogP contribution in [-0.2, 0) is 4.79 Å². The lowest BCUT2D eigenvalue weighted by Gasteiger charge is -2.16. The van der Waals surface area contributed by atoms with Gasteiger partial charge in [-0.3, -0.25) is 4.79 Å². The molecule has 1 aliphatic rings. The predicted octanol–water partition coefficient (Wildman–Crippen LogP) is 3.82. The Morgan fingerprint density at radius 3 is 2.70 bits per heavy atom. The average molecular weight is 366 g/mol. The van der Waals surface area contributed by atoms with Gasteiger partial charge in [-0.15, -0.1) is 24.8 Å². The highest BCUT2D eigenvalue weighted by Gasteiger charge is 2.16. The Morgan fingerprint density at radius 1 is 1.35 bits per heavy atom. The second-order valence-corrected chi connectivity index (χ2v) is 5.93. The van der Waals surface area contributed by atoms with E-state index < -0.39 is 0 Å². The normalized spacial score (nSPS) is 16.4. The fourth-order valence-electron chi connectivity index (χ4n) is 2.56. The Kier molecular flexibility index (Phi) is 10.2. The Balaban J connectivity index is 0.00000242. The molecule has 1 aliphatic heterocycles. The van der Waals surface area contributed by atoms with Crippen LogP contribution in [0.5, 0.6) is 0 Å². The summed E-state index contributed by atoms with van der Waals surface area (Å²) in [6.07, 6.45) is 2.54. The first-order valence-corrected chi connectivity index (χ1v) is 7.61. The Hall–Kier alpha value is -1.04. The van der Waals surface area contributed by atoms with Crippen molar-refractivity contribution in [3.63, 3.8) is 0 Å². The number of nitrogens with one attached hydrogen (secondary N) is 3. The van der Waals surface area contributed by atoms with Crippen molar-refractivity contribution in [2.45, 2.75) is 39.2 Å². The molecule has 1 amide bonds. The van der Waals surface area contributed by atoms with Gasteiger partial charge in [-0.25, -0.2) is 4.39 Å². The summed E-state index contributed by atoms with van der Waals surface area (Å²) >= 11 is 0. The number of anilines is 2. The largest absolute Gasteiger partial charge is 0.381 e. The molecule has 0 spiro atoms. The Labute approximate surface area is 149 Å². The van der Waals surface area contributed by atoms with Crippen LogP contribution in [-0.4, -0.2) is 25.0 Å². The molecule has 0 radical (unpaired) electrons. The lowest BCUT2D eigenvalue weighted by Crippen LogP contribution is -2.17. The lowest BCUT2D eigenvalue weighted by atomic mass is 10.0. The van der Waals surface area contributed by atoms with Crippen molar-refractivity contribution in [3.05, 3.63) is 24.0 Å². The highest BCUT2D eigenvalue weighted by Crippen LogP contribution is 2.24. The maximum atomic E-state index is 13.3. The number of amides is 1. The molecule has 0 saturated carbocycles. The third-order valence-corrected chi connectivity index (χ3v) is 3.64. The van der Waals surface area contributed by atoms with Crippen LogP contribution in [0.25, 0.3) is 0 Å². The first-order chi connectivity index (χ1) is 10.0. The molecular formula is C16H26Cl2FN3O. The molecule has 4 nitrogen and oxygen atoms in total. The van der Waals surface area contributed by atoms with Gasteiger partial charge in [0.1, 0.15) is 5.82 Å². The highest BCUT2D eigenvalue weighted by atomic mass is 35.5. The second-order valence-electron chi connectivity index (χ2n) is 5.93. The van der Waals surface area contributed by atoms with Gasteiger partial charge in [0.25, 0.3) is 0 Å². The van der Waals surface area contributed by atoms with Gasteiger partial charge in [0.05, 0.1) is 11.4 Å². The summed E-state index contributed by atoms with van der Waals surface area (Å²) < 4.78 is 13.3. The van der Waals surface area contributed by atoms with Crippen LogP contribution in [0.3, 0.4) is 0 Å². The van der Waals surface area contributed by atoms with Gasteiger partial charge in [0, 0.05) is 12.5 Å². The topological polar surface area (TPSA) is 53.2 Å². The summed E-state index contributed by atoms with van der Waals surface area (Å²) in [7, 11) is 0. The summed E-state index contributed by atoms with van der Waals surface area (Å²) in [4.78, 5) is 12.0. The zero-order chi connectivity index (χ0) is 15.2. The van der Waals surface area contributed by atoms with Crippen molar-refractivity contribution in [2.24, 2.45) is 5.92 Å². The minimum Gasteiger partial charge on any atom is -0.381 e. The van der Waals surface area contributed by atoms with Crippen LogP contribution in [0.1, 0.15) is 33.1 Å². The molecule has 1 atom stereocenters. The molecule has 23 heavy (non-hydrogen) atoms. The van der Waals surface area contributed by atoms with Crippen molar-refractivity contribution in [1.29, 1.82) is 0 Å². The van der Waals surface area contributed by atoms with Gasteiger partial charge in [0.15, 0.2) is 0 Å². The maximum absolute atomic E-state index is 13.3. The molecule has 1 unspecified atom stereocenters. The molecule has 1 saturated heterocycles. The van der Waals surface area contributed by atoms with E-state index in [0.29, 0.717) is 23.7 Å². The van der Waals surface area contributed by atoms with Crippen LogP contribution in [0.15, 0.2) is 18.2 Å². The summed E-state index contributed by atoms with van der Waals surface area (Å²) in [6, 6.07) is 4.56. The van der Waals surface area contributed by atoms with Crippen molar-refractivity contribution in [1.82, 2.24) is 5.32 Å². The highest BCUT2D eigenvalue weighted by molar-refractivity contribution is 5.94. The molecule has 0 aliphatic carbocycles. The van der Waals surface area contributed by atoms with E-state index in [-0.39, 0.29) is 42.6 Å². The molecule has 1 aromatic rings. The number of hydrogen-bond acceptors (Lipinski definition) is 3. The van der Waals surface area contributed by atoms with Crippen molar-refractivity contribution >= 4 is 42.1 Å². The molecule has 1 fully saturated rings. The number of carbonyl (C=O) groups excluding carboxylic acids is 1. The van der Waals surface area contributed by atoms with Crippen LogP contribution in [0.2, 0.25) is 0 Å². The average Bonchev–Trinajstić information content (AvgIpc) is 2.92. The standard InChI is InChI=1S/C16H24FN3O.2ClH/c1-11(2)19-15-9-13(17)4-5-14(15)20-16(21)6-3-12-7-8-18-10-12;;/h4-5,9,11-12,18-19H,3,6-8,10H2,1-2H3,(H,20,21);2*1H. The van der Waals surface area contributed by atoms with Crippen molar-refractivity contribution < 1.29 is 9.18 Å². The first kappa shape index (κ1) is 22.0. The van der Waals surface area contributed by atoms with Gasteiger partial charge in [-0.05, 0) is 63.9 Å². The fraction of sp³-hybridized carbons (Fsp3) is 0.562. The third kappa shape index (κ3) is 7.38. The van der Waals surface area contributed by atoms with Crippen molar-refractivity contribution in [2.75, 3.05) is 23.7 Å². The van der Waals surface area contributed by atoms with Gasteiger partial charge >= 0.3 is 0 Å². The minimum absolute atomic E-state index is 0. The Bertz CT molecular complexity index is 494. The molecule has 0 aromatic heterocycles. The van der Waals surface area contributed by atoms with E-state index in [9.17, 15) is 9.18 Å². The Morgan fingerprint density at radius 2 is 2.09 bits per heavy atom. The minimum atomic E-state index is -0.312. The van der Waals surface area contributed by atoms with Crippen LogP contribution >= 0.6 is 24.8 Å². The summed E-state index contributed by atoms with van der Waals surface area (Å²) in [6.45, 7) is 6.00. The van der Waals surface area contributed by atoms with Gasteiger partial charge in [0.2, 0.25) is 5.91 Å². The van der Waals surface area contributed by atoms with Crippen LogP contribution < -0.4 is 16.0 Å². The summed E-state index contributed by atoms with van der Waals surface area (Å²) in [5.41, 5.74) is 1.26. The first-order valence-electron chi connectivity index (χ1n) is 7.61. The lowest BCUT2D eigenvalue weighted by molar-refractivity contribution is -0.116. The van der Waals surface area contributed by atoms with Gasteiger partial charge in [-0.1, -0.05) is 0 Å². The zero-order valence-corrected chi connectivity index (χ0v) is 15.2. The van der Waals surface area contributed by atoms with Crippen molar-refractivity contribution in [3.8, 4) is 0 Å². The van der Waals surface area contributed by atoms with E-state index in [4.69, 9.17) is 0 Å². The van der Waals surface area contributed by atoms with Crippen LogP contribution in [0, 0.1) is 11.7 Å². The SMILES string of the molecule is CC(C)Nc1cc(F)ccc1NC(=O)CCC1CCNC1.Cl.Cl. The van der Waals surface area contributed by atoms with E-state index in [0.717, 1.165) is 25.9 Å². The number of hydrogen-bond donors (Lipinski definition) is 3. The van der Waals surface area contributed by atoms with E-state index in [1.807, 2.05) is 13.8 Å². The molecule has 3 N–H and O–H groups in total. The molecule has 1 aromatic carbocycles. The van der Waals surface area contributed by atoms with E-state index in [1.165, 1.54) is 12.1 Å². The third-order valence-electron chi connectivity index (χ3n) is 3.64. The summed E-state index contributed by atoms with van der Waals surface area (Å²) in [5, 5.41) is 9.33. The molecule has 2 rings (SSSR count). The van der Waals surface area contributed by atoms with Crippen LogP contribution in [0.4, 0.5) is 15.8 Å². The van der Waals surface area contributed by atoms with E-state index in [2.05, 4.69) is 16.0 Å². The molecule has 132 valence electrons. The quantitative estimate of drug-likeness (QED) is 0.718. The van der Waals surface area contributed by atoms with Gasteiger partial charge in [-0.2, -0.15) is 0 Å². The van der Waals surface area contributed by atoms with E-state index >= 15 is 0 Å². The molecular weight excluding hydrogens is 340 g/mol. The predicted molar refractivity (Wildman–Crippen MR) is 98.5 cm³/mol. The number of carbonyl (C=O) groups is 1. The maximum Gasteiger partial charge on any atom is 0.224 e. The number of benzene rings is 1. The number of halogens is 3. The number of rotatable bonds is 6. The molecule has 1 heterocycles. The molecule has 0 bridgehead atoms. The van der Waals surface area contributed by atoms with E-state index in [1.54, 1.807) is 6.07 Å².